The van der Waals surface area contributed by atoms with Gasteiger partial charge in [-0.05, 0) is 60.9 Å². The van der Waals surface area contributed by atoms with E-state index in [-0.39, 0.29) is 18.1 Å². The Hall–Kier alpha value is -3.58. The average molecular weight is 449 g/mol. The second-order valence-corrected chi connectivity index (χ2v) is 7.89. The van der Waals surface area contributed by atoms with Crippen LogP contribution in [0.3, 0.4) is 0 Å². The van der Waals surface area contributed by atoms with Crippen molar-refractivity contribution in [3.63, 3.8) is 0 Å². The van der Waals surface area contributed by atoms with Crippen molar-refractivity contribution in [2.75, 3.05) is 13.2 Å². The molecule has 7 nitrogen and oxygen atoms in total. The highest BCUT2D eigenvalue weighted by Crippen LogP contribution is 2.39. The Balaban J connectivity index is 1.54. The SMILES string of the molecule is CCOC(=O)N1CCc2c([nH]c3ccc(Cl)cc23)[C@@H]1c1ccc(Oc2ncccn2)cc1. The first kappa shape index (κ1) is 20.3. The van der Waals surface area contributed by atoms with Gasteiger partial charge in [-0.3, -0.25) is 4.90 Å². The Bertz CT molecular complexity index is 1260. The van der Waals surface area contributed by atoms with Gasteiger partial charge < -0.3 is 14.5 Å². The van der Waals surface area contributed by atoms with Gasteiger partial charge >= 0.3 is 12.1 Å². The molecule has 0 unspecified atom stereocenters. The normalized spacial score (nSPS) is 15.4. The second-order valence-electron chi connectivity index (χ2n) is 7.45. The summed E-state index contributed by atoms with van der Waals surface area (Å²) in [6.07, 6.45) is 3.63. The molecule has 2 aromatic carbocycles. The van der Waals surface area contributed by atoms with Crippen LogP contribution >= 0.6 is 11.6 Å². The first-order valence-corrected chi connectivity index (χ1v) is 10.8. The average Bonchev–Trinajstić information content (AvgIpc) is 3.18. The van der Waals surface area contributed by atoms with Crippen molar-refractivity contribution in [3.8, 4) is 11.8 Å². The van der Waals surface area contributed by atoms with Crippen LogP contribution in [0, 0.1) is 0 Å². The molecule has 0 spiro atoms. The zero-order chi connectivity index (χ0) is 22.1. The van der Waals surface area contributed by atoms with Gasteiger partial charge in [0.1, 0.15) is 11.8 Å². The van der Waals surface area contributed by atoms with Crippen molar-refractivity contribution >= 4 is 28.6 Å². The summed E-state index contributed by atoms with van der Waals surface area (Å²) < 4.78 is 11.1. The molecule has 32 heavy (non-hydrogen) atoms. The van der Waals surface area contributed by atoms with E-state index in [0.717, 1.165) is 28.6 Å². The zero-order valence-electron chi connectivity index (χ0n) is 17.4. The molecule has 1 amide bonds. The summed E-state index contributed by atoms with van der Waals surface area (Å²) in [5, 5.41) is 1.77. The van der Waals surface area contributed by atoms with Crippen LogP contribution in [-0.2, 0) is 11.2 Å². The highest BCUT2D eigenvalue weighted by Gasteiger charge is 2.35. The van der Waals surface area contributed by atoms with Crippen LogP contribution in [0.25, 0.3) is 10.9 Å². The fourth-order valence-corrected chi connectivity index (χ4v) is 4.34. The number of benzene rings is 2. The summed E-state index contributed by atoms with van der Waals surface area (Å²) in [5.74, 6) is 0.613. The van der Waals surface area contributed by atoms with Gasteiger partial charge in [0.25, 0.3) is 0 Å². The molecule has 0 fully saturated rings. The number of rotatable bonds is 4. The Labute approximate surface area is 190 Å². The monoisotopic (exact) mass is 448 g/mol. The van der Waals surface area contributed by atoms with Crippen LogP contribution in [0.1, 0.15) is 29.8 Å². The fraction of sp³-hybridized carbons (Fsp3) is 0.208. The van der Waals surface area contributed by atoms with E-state index in [1.54, 1.807) is 23.4 Å². The number of aromatic nitrogens is 3. The van der Waals surface area contributed by atoms with E-state index in [0.29, 0.717) is 23.9 Å². The highest BCUT2D eigenvalue weighted by atomic mass is 35.5. The molecule has 4 aromatic rings. The molecule has 0 bridgehead atoms. The minimum Gasteiger partial charge on any atom is -0.450 e. The number of ether oxygens (including phenoxy) is 2. The second kappa shape index (κ2) is 8.51. The van der Waals surface area contributed by atoms with Crippen LogP contribution in [0.15, 0.2) is 60.9 Å². The summed E-state index contributed by atoms with van der Waals surface area (Å²) in [7, 11) is 0. The lowest BCUT2D eigenvalue weighted by Crippen LogP contribution is -2.40. The van der Waals surface area contributed by atoms with Crippen LogP contribution in [0.5, 0.6) is 11.8 Å². The molecule has 162 valence electrons. The van der Waals surface area contributed by atoms with Crippen molar-refractivity contribution in [1.82, 2.24) is 19.9 Å². The highest BCUT2D eigenvalue weighted by molar-refractivity contribution is 6.31. The van der Waals surface area contributed by atoms with Gasteiger partial charge in [0.2, 0.25) is 0 Å². The number of hydrogen-bond acceptors (Lipinski definition) is 5. The molecule has 1 atom stereocenters. The van der Waals surface area contributed by atoms with Crippen LogP contribution in [0.4, 0.5) is 4.79 Å². The molecular weight excluding hydrogens is 428 g/mol. The van der Waals surface area contributed by atoms with Crippen LogP contribution < -0.4 is 4.74 Å². The number of hydrogen-bond donors (Lipinski definition) is 1. The molecule has 0 radical (unpaired) electrons. The Kier molecular flexibility index (Phi) is 5.41. The lowest BCUT2D eigenvalue weighted by molar-refractivity contribution is 0.0932. The zero-order valence-corrected chi connectivity index (χ0v) is 18.2. The number of nitrogens with one attached hydrogen (secondary N) is 1. The molecule has 1 N–H and O–H groups in total. The summed E-state index contributed by atoms with van der Waals surface area (Å²) in [4.78, 5) is 26.2. The molecule has 2 aromatic heterocycles. The number of halogens is 1. The number of carbonyl (C=O) groups excluding carboxylic acids is 1. The van der Waals surface area contributed by atoms with Gasteiger partial charge in [-0.15, -0.1) is 0 Å². The van der Waals surface area contributed by atoms with Gasteiger partial charge in [0, 0.05) is 40.6 Å². The Morgan fingerprint density at radius 3 is 2.72 bits per heavy atom. The van der Waals surface area contributed by atoms with Gasteiger partial charge in [0.05, 0.1) is 6.61 Å². The van der Waals surface area contributed by atoms with Crippen molar-refractivity contribution < 1.29 is 14.3 Å². The molecule has 5 rings (SSSR count). The molecule has 3 heterocycles. The maximum absolute atomic E-state index is 12.8. The van der Waals surface area contributed by atoms with Crippen LogP contribution in [0.2, 0.25) is 5.02 Å². The van der Waals surface area contributed by atoms with Gasteiger partial charge in [0.15, 0.2) is 0 Å². The summed E-state index contributed by atoms with van der Waals surface area (Å²) in [6, 6.07) is 15.1. The van der Waals surface area contributed by atoms with E-state index >= 15 is 0 Å². The standard InChI is InChI=1S/C24H21ClN4O3/c1-2-31-24(30)29-13-10-18-19-14-16(25)6-9-20(19)28-21(18)22(29)15-4-7-17(8-5-15)32-23-26-11-3-12-27-23/h3-9,11-12,14,22,28H,2,10,13H2,1H3/t22-/m0/s1. The molecule has 0 saturated heterocycles. The molecule has 0 aliphatic carbocycles. The molecule has 8 heteroatoms. The minimum absolute atomic E-state index is 0.279. The Morgan fingerprint density at radius 1 is 1.19 bits per heavy atom. The van der Waals surface area contributed by atoms with Crippen molar-refractivity contribution in [3.05, 3.63) is 82.8 Å². The van der Waals surface area contributed by atoms with Crippen molar-refractivity contribution in [1.29, 1.82) is 0 Å². The minimum atomic E-state index is -0.335. The lowest BCUT2D eigenvalue weighted by atomic mass is 9.92. The van der Waals surface area contributed by atoms with Gasteiger partial charge in [-0.25, -0.2) is 14.8 Å². The molecule has 1 aliphatic heterocycles. The number of carbonyl (C=O) groups is 1. The molecule has 0 saturated carbocycles. The number of aromatic amines is 1. The fourth-order valence-electron chi connectivity index (χ4n) is 4.17. The quantitative estimate of drug-likeness (QED) is 0.445. The van der Waals surface area contributed by atoms with Gasteiger partial charge in [-0.2, -0.15) is 0 Å². The first-order valence-electron chi connectivity index (χ1n) is 10.4. The third-order valence-corrected chi connectivity index (χ3v) is 5.77. The Morgan fingerprint density at radius 2 is 1.97 bits per heavy atom. The topological polar surface area (TPSA) is 80.3 Å². The third kappa shape index (κ3) is 3.76. The molecular formula is C24H21ClN4O3. The van der Waals surface area contributed by atoms with E-state index < -0.39 is 0 Å². The largest absolute Gasteiger partial charge is 0.450 e. The van der Waals surface area contributed by atoms with E-state index in [1.807, 2.05) is 49.4 Å². The van der Waals surface area contributed by atoms with E-state index in [4.69, 9.17) is 21.1 Å². The smallest absolute Gasteiger partial charge is 0.410 e. The van der Waals surface area contributed by atoms with Crippen molar-refractivity contribution in [2.24, 2.45) is 0 Å². The third-order valence-electron chi connectivity index (χ3n) is 5.54. The summed E-state index contributed by atoms with van der Waals surface area (Å²) >= 11 is 6.25. The van der Waals surface area contributed by atoms with E-state index in [1.165, 1.54) is 5.56 Å². The number of fused-ring (bicyclic) bond motifs is 3. The van der Waals surface area contributed by atoms with Crippen LogP contribution in [-0.4, -0.2) is 39.1 Å². The first-order chi connectivity index (χ1) is 15.6. The predicted molar refractivity (Wildman–Crippen MR) is 121 cm³/mol. The van der Waals surface area contributed by atoms with E-state index in [2.05, 4.69) is 15.0 Å². The lowest BCUT2D eigenvalue weighted by Gasteiger charge is -2.35. The maximum atomic E-state index is 12.8. The van der Waals surface area contributed by atoms with Crippen molar-refractivity contribution in [2.45, 2.75) is 19.4 Å². The summed E-state index contributed by atoms with van der Waals surface area (Å²) in [6.45, 7) is 2.68. The van der Waals surface area contributed by atoms with Gasteiger partial charge in [-0.1, -0.05) is 23.7 Å². The number of H-pyrrole nitrogens is 1. The predicted octanol–water partition coefficient (Wildman–Crippen LogP) is 5.51. The van der Waals surface area contributed by atoms with E-state index in [9.17, 15) is 4.79 Å². The maximum Gasteiger partial charge on any atom is 0.410 e. The summed E-state index contributed by atoms with van der Waals surface area (Å²) in [5.41, 5.74) is 4.09. The molecule has 1 aliphatic rings. The number of amides is 1. The number of nitrogens with zero attached hydrogens (tertiary/aromatic N) is 3.